The maximum Gasteiger partial charge on any atom is 0.322 e. The van der Waals surface area contributed by atoms with Crippen LogP contribution in [0.3, 0.4) is 0 Å². The number of nitrogens with one attached hydrogen (secondary N) is 2. The van der Waals surface area contributed by atoms with E-state index < -0.39 is 36.0 Å². The van der Waals surface area contributed by atoms with E-state index in [1.54, 1.807) is 13.8 Å². The van der Waals surface area contributed by atoms with Gasteiger partial charge in [0, 0.05) is 32.1 Å². The predicted molar refractivity (Wildman–Crippen MR) is 151 cm³/mol. The maximum atomic E-state index is 12.9. The molecule has 40 heavy (non-hydrogen) atoms. The second-order valence-electron chi connectivity index (χ2n) is 10.6. The van der Waals surface area contributed by atoms with E-state index >= 15 is 0 Å². The Labute approximate surface area is 235 Å². The maximum absolute atomic E-state index is 12.9. The van der Waals surface area contributed by atoms with Crippen LogP contribution in [0.1, 0.15) is 51.3 Å². The number of piperazine rings is 1. The summed E-state index contributed by atoms with van der Waals surface area (Å²) in [5.41, 5.74) is 10.1. The van der Waals surface area contributed by atoms with Crippen LogP contribution in [0.4, 0.5) is 0 Å². The Balaban J connectivity index is 1.52. The zero-order valence-electron chi connectivity index (χ0n) is 23.6. The number of ether oxygens (including phenoxy) is 1. The fourth-order valence-corrected chi connectivity index (χ4v) is 4.55. The van der Waals surface area contributed by atoms with Gasteiger partial charge in [0.15, 0.2) is 6.10 Å². The van der Waals surface area contributed by atoms with E-state index in [9.17, 15) is 24.3 Å². The molecule has 216 valence electrons. The van der Waals surface area contributed by atoms with Crippen molar-refractivity contribution in [3.05, 3.63) is 59.7 Å². The highest BCUT2D eigenvalue weighted by molar-refractivity contribution is 5.90. The molecule has 1 aliphatic heterocycles. The lowest BCUT2D eigenvalue weighted by Crippen LogP contribution is -2.59. The minimum atomic E-state index is -1.06. The van der Waals surface area contributed by atoms with Crippen LogP contribution in [0, 0.1) is 5.92 Å². The average Bonchev–Trinajstić information content (AvgIpc) is 2.94. The van der Waals surface area contributed by atoms with Crippen LogP contribution in [0.2, 0.25) is 0 Å². The molecular weight excluding hydrogens is 512 g/mol. The van der Waals surface area contributed by atoms with E-state index in [0.717, 1.165) is 22.3 Å². The summed E-state index contributed by atoms with van der Waals surface area (Å²) in [7, 11) is 0. The Kier molecular flexibility index (Phi) is 10.8. The summed E-state index contributed by atoms with van der Waals surface area (Å²) in [5, 5.41) is 14.7. The lowest BCUT2D eigenvalue weighted by Gasteiger charge is -2.33. The van der Waals surface area contributed by atoms with Crippen molar-refractivity contribution in [3.8, 4) is 11.1 Å². The number of nitrogens with zero attached hydrogens (tertiary/aromatic N) is 1. The fraction of sp³-hybridized carbons (Fsp3) is 0.467. The van der Waals surface area contributed by atoms with Gasteiger partial charge in [0.25, 0.3) is 5.91 Å². The number of carbonyl (C=O) groups excluding carboxylic acids is 3. The van der Waals surface area contributed by atoms with Crippen molar-refractivity contribution >= 4 is 23.8 Å². The molecule has 0 radical (unpaired) electrons. The molecule has 1 heterocycles. The molecule has 2 amide bonds. The normalized spacial score (nSPS) is 17.6. The average molecular weight is 553 g/mol. The van der Waals surface area contributed by atoms with E-state index in [4.69, 9.17) is 10.5 Å². The molecule has 1 saturated heterocycles. The van der Waals surface area contributed by atoms with Gasteiger partial charge in [-0.2, -0.15) is 0 Å². The van der Waals surface area contributed by atoms with Crippen molar-refractivity contribution in [1.82, 2.24) is 15.5 Å². The molecule has 0 bridgehead atoms. The first kappa shape index (κ1) is 30.8. The van der Waals surface area contributed by atoms with Gasteiger partial charge in [0.05, 0.1) is 0 Å². The van der Waals surface area contributed by atoms with Crippen LogP contribution in [0.15, 0.2) is 48.5 Å². The van der Waals surface area contributed by atoms with Crippen molar-refractivity contribution in [2.75, 3.05) is 19.6 Å². The predicted octanol–water partition coefficient (Wildman–Crippen LogP) is 2.26. The Hall–Kier alpha value is -3.76. The molecule has 0 aromatic heterocycles. The number of carboxylic acid groups (broad SMARTS) is 1. The van der Waals surface area contributed by atoms with Crippen molar-refractivity contribution in [2.45, 2.75) is 64.8 Å². The Morgan fingerprint density at radius 1 is 1.07 bits per heavy atom. The molecule has 4 atom stereocenters. The van der Waals surface area contributed by atoms with E-state index in [1.165, 1.54) is 11.8 Å². The number of aryl methyl sites for hydroxylation is 1. The zero-order chi connectivity index (χ0) is 29.4. The molecule has 3 rings (SSSR count). The van der Waals surface area contributed by atoms with Gasteiger partial charge in [-0.3, -0.25) is 19.2 Å². The quantitative estimate of drug-likeness (QED) is 0.310. The van der Waals surface area contributed by atoms with Crippen molar-refractivity contribution in [1.29, 1.82) is 0 Å². The second-order valence-corrected chi connectivity index (χ2v) is 10.6. The van der Waals surface area contributed by atoms with Gasteiger partial charge >= 0.3 is 11.9 Å². The number of hydrogen-bond acceptors (Lipinski definition) is 7. The van der Waals surface area contributed by atoms with E-state index in [-0.39, 0.29) is 30.8 Å². The molecular formula is C30H40N4O6. The first-order valence-electron chi connectivity index (χ1n) is 13.7. The molecule has 10 nitrogen and oxygen atoms in total. The fourth-order valence-electron chi connectivity index (χ4n) is 4.55. The van der Waals surface area contributed by atoms with Gasteiger partial charge < -0.3 is 31.1 Å². The van der Waals surface area contributed by atoms with Crippen molar-refractivity contribution in [3.63, 3.8) is 0 Å². The number of esters is 1. The Morgan fingerprint density at radius 3 is 2.40 bits per heavy atom. The van der Waals surface area contributed by atoms with Crippen molar-refractivity contribution < 1.29 is 29.0 Å². The lowest BCUT2D eigenvalue weighted by atomic mass is 9.99. The van der Waals surface area contributed by atoms with E-state index in [1.807, 2.05) is 49.4 Å². The molecule has 2 aromatic rings. The monoisotopic (exact) mass is 552 g/mol. The minimum absolute atomic E-state index is 0.0112. The molecule has 5 N–H and O–H groups in total. The van der Waals surface area contributed by atoms with Crippen molar-refractivity contribution in [2.24, 2.45) is 11.7 Å². The largest absolute Gasteiger partial charge is 0.480 e. The van der Waals surface area contributed by atoms with Crippen LogP contribution >= 0.6 is 0 Å². The zero-order valence-corrected chi connectivity index (χ0v) is 23.6. The van der Waals surface area contributed by atoms with Gasteiger partial charge in [0.2, 0.25) is 5.91 Å². The number of carboxylic acids is 1. The van der Waals surface area contributed by atoms with Crippen LogP contribution in [-0.4, -0.2) is 71.6 Å². The second kappa shape index (κ2) is 14.0. The number of carbonyl (C=O) groups is 4. The highest BCUT2D eigenvalue weighted by atomic mass is 16.5. The van der Waals surface area contributed by atoms with Crippen LogP contribution < -0.4 is 16.4 Å². The molecule has 0 aliphatic carbocycles. The first-order chi connectivity index (χ1) is 19.0. The van der Waals surface area contributed by atoms with Gasteiger partial charge in [0.1, 0.15) is 12.1 Å². The van der Waals surface area contributed by atoms with Crippen LogP contribution in [-0.2, 0) is 30.3 Å². The molecule has 0 unspecified atom stereocenters. The third-order valence-corrected chi connectivity index (χ3v) is 6.95. The third-order valence-electron chi connectivity index (χ3n) is 6.95. The van der Waals surface area contributed by atoms with Crippen LogP contribution in [0.25, 0.3) is 11.1 Å². The number of nitrogens with two attached hydrogens (primary N) is 1. The number of hydrogen-bond donors (Lipinski definition) is 4. The summed E-state index contributed by atoms with van der Waals surface area (Å²) in [4.78, 5) is 51.1. The summed E-state index contributed by atoms with van der Waals surface area (Å²) in [6.45, 7) is 7.70. The Morgan fingerprint density at radius 2 is 1.77 bits per heavy atom. The summed E-state index contributed by atoms with van der Waals surface area (Å²) >= 11 is 0. The van der Waals surface area contributed by atoms with Gasteiger partial charge in [-0.25, -0.2) is 0 Å². The highest BCUT2D eigenvalue weighted by Gasteiger charge is 2.33. The summed E-state index contributed by atoms with van der Waals surface area (Å²) in [6.07, 6.45) is -0.507. The molecule has 1 fully saturated rings. The SMILES string of the molecule is CC(C)[C@H](OC(=O)CCc1ccc(-c2cccc([C@@H](C)N)c2)cc1)C(=O)N[C@@H](C)C(=O)N1CCN[C@H](C(=O)O)C1. The Bertz CT molecular complexity index is 1200. The third kappa shape index (κ3) is 8.37. The van der Waals surface area contributed by atoms with Crippen LogP contribution in [0.5, 0.6) is 0 Å². The van der Waals surface area contributed by atoms with E-state index in [2.05, 4.69) is 16.7 Å². The molecule has 0 spiro atoms. The standard InChI is InChI=1S/C30H40N4O6/c1-18(2)27(28(36)33-20(4)29(37)34-15-14-32-25(17-34)30(38)39)40-26(35)13-10-21-8-11-22(12-9-21)24-7-5-6-23(16-24)19(3)31/h5-9,11-12,16,18-20,25,27,32H,10,13-15,17,31H2,1-4H3,(H,33,36)(H,38,39)/t19-,20+,25+,27+/m1/s1. The smallest absolute Gasteiger partial charge is 0.322 e. The molecule has 1 aliphatic rings. The lowest BCUT2D eigenvalue weighted by molar-refractivity contribution is -0.159. The number of rotatable bonds is 11. The summed E-state index contributed by atoms with van der Waals surface area (Å²) < 4.78 is 5.52. The number of benzene rings is 2. The van der Waals surface area contributed by atoms with Gasteiger partial charge in [-0.1, -0.05) is 56.3 Å². The minimum Gasteiger partial charge on any atom is -0.480 e. The highest BCUT2D eigenvalue weighted by Crippen LogP contribution is 2.23. The van der Waals surface area contributed by atoms with Gasteiger partial charge in [-0.15, -0.1) is 0 Å². The molecule has 2 aromatic carbocycles. The summed E-state index contributed by atoms with van der Waals surface area (Å²) in [6, 6.07) is 14.2. The molecule has 0 saturated carbocycles. The van der Waals surface area contributed by atoms with E-state index in [0.29, 0.717) is 19.5 Å². The number of aliphatic carboxylic acids is 1. The first-order valence-corrected chi connectivity index (χ1v) is 13.7. The topological polar surface area (TPSA) is 151 Å². The molecule has 10 heteroatoms. The summed E-state index contributed by atoms with van der Waals surface area (Å²) in [5.74, 6) is -2.81. The number of amides is 2. The van der Waals surface area contributed by atoms with Gasteiger partial charge in [-0.05, 0) is 54.5 Å².